The summed E-state index contributed by atoms with van der Waals surface area (Å²) in [4.78, 5) is 13.8. The molecule has 1 aliphatic carbocycles. The van der Waals surface area contributed by atoms with Gasteiger partial charge < -0.3 is 15.3 Å². The summed E-state index contributed by atoms with van der Waals surface area (Å²) in [5.74, 6) is 0.510. The molecule has 1 aromatic carbocycles. The Kier molecular flexibility index (Phi) is 4.43. The Labute approximate surface area is 114 Å². The molecule has 0 heterocycles. The number of phenols is 1. The molecule has 0 saturated heterocycles. The molecule has 1 aromatic rings. The summed E-state index contributed by atoms with van der Waals surface area (Å²) in [6.45, 7) is 5.84. The van der Waals surface area contributed by atoms with Gasteiger partial charge in [0.05, 0.1) is 6.54 Å². The second-order valence-corrected chi connectivity index (χ2v) is 4.88. The number of carbonyl (C=O) groups excluding carboxylic acids is 1. The highest BCUT2D eigenvalue weighted by Crippen LogP contribution is 2.35. The van der Waals surface area contributed by atoms with Crippen LogP contribution >= 0.6 is 0 Å². The minimum Gasteiger partial charge on any atom is -0.508 e. The molecule has 4 nitrogen and oxygen atoms in total. The van der Waals surface area contributed by atoms with Crippen LogP contribution in [0.25, 0.3) is 0 Å². The second kappa shape index (κ2) is 6.06. The molecule has 0 fully saturated rings. The van der Waals surface area contributed by atoms with E-state index in [9.17, 15) is 9.90 Å². The minimum atomic E-state index is 0.138. The summed E-state index contributed by atoms with van der Waals surface area (Å²) < 4.78 is 0. The van der Waals surface area contributed by atoms with Gasteiger partial charge in [0.25, 0.3) is 0 Å². The molecule has 0 saturated carbocycles. The molecule has 0 aromatic heterocycles. The first-order valence-electron chi connectivity index (χ1n) is 6.99. The first kappa shape index (κ1) is 13.9. The SMILES string of the molecule is CCN(CC)C(=O)CNC1CCc2c(O)cccc21. The van der Waals surface area contributed by atoms with Gasteiger partial charge in [-0.05, 0) is 43.9 Å². The lowest BCUT2D eigenvalue weighted by atomic mass is 10.1. The number of hydrogen-bond acceptors (Lipinski definition) is 3. The van der Waals surface area contributed by atoms with Gasteiger partial charge in [-0.25, -0.2) is 0 Å². The van der Waals surface area contributed by atoms with E-state index in [1.165, 1.54) is 0 Å². The molecule has 1 aliphatic rings. The summed E-state index contributed by atoms with van der Waals surface area (Å²) in [6, 6.07) is 5.80. The fourth-order valence-corrected chi connectivity index (χ4v) is 2.75. The largest absolute Gasteiger partial charge is 0.508 e. The molecule has 0 bridgehead atoms. The third-order valence-electron chi connectivity index (χ3n) is 3.86. The predicted molar refractivity (Wildman–Crippen MR) is 75.1 cm³/mol. The second-order valence-electron chi connectivity index (χ2n) is 4.88. The maximum absolute atomic E-state index is 12.0. The first-order chi connectivity index (χ1) is 9.17. The highest BCUT2D eigenvalue weighted by atomic mass is 16.3. The Morgan fingerprint density at radius 2 is 2.16 bits per heavy atom. The molecular formula is C15H22N2O2. The molecule has 4 heteroatoms. The van der Waals surface area contributed by atoms with E-state index in [0.717, 1.165) is 37.1 Å². The highest BCUT2D eigenvalue weighted by Gasteiger charge is 2.25. The summed E-state index contributed by atoms with van der Waals surface area (Å²) in [7, 11) is 0. The zero-order valence-corrected chi connectivity index (χ0v) is 11.6. The molecule has 1 atom stereocenters. The van der Waals surface area contributed by atoms with Gasteiger partial charge in [0.15, 0.2) is 0 Å². The van der Waals surface area contributed by atoms with E-state index in [1.54, 1.807) is 6.07 Å². The maximum atomic E-state index is 12.0. The Bertz CT molecular complexity index is 455. The monoisotopic (exact) mass is 262 g/mol. The van der Waals surface area contributed by atoms with Crippen LogP contribution < -0.4 is 5.32 Å². The molecule has 0 radical (unpaired) electrons. The normalized spacial score (nSPS) is 17.3. The van der Waals surface area contributed by atoms with E-state index >= 15 is 0 Å². The van der Waals surface area contributed by atoms with Crippen LogP contribution in [0.5, 0.6) is 5.75 Å². The van der Waals surface area contributed by atoms with E-state index in [-0.39, 0.29) is 11.9 Å². The summed E-state index contributed by atoms with van der Waals surface area (Å²) in [5, 5.41) is 13.1. The number of aromatic hydroxyl groups is 1. The summed E-state index contributed by atoms with van der Waals surface area (Å²) in [5.41, 5.74) is 2.16. The van der Waals surface area contributed by atoms with Gasteiger partial charge in [-0.15, -0.1) is 0 Å². The molecule has 2 N–H and O–H groups in total. The van der Waals surface area contributed by atoms with Crippen molar-refractivity contribution in [1.82, 2.24) is 10.2 Å². The number of phenolic OH excluding ortho intramolecular Hbond substituents is 1. The van der Waals surface area contributed by atoms with Crippen molar-refractivity contribution in [3.63, 3.8) is 0 Å². The number of hydrogen-bond donors (Lipinski definition) is 2. The lowest BCUT2D eigenvalue weighted by molar-refractivity contribution is -0.130. The summed E-state index contributed by atoms with van der Waals surface area (Å²) in [6.07, 6.45) is 1.82. The average molecular weight is 262 g/mol. The van der Waals surface area contributed by atoms with Crippen molar-refractivity contribution < 1.29 is 9.90 Å². The minimum absolute atomic E-state index is 0.138. The summed E-state index contributed by atoms with van der Waals surface area (Å²) >= 11 is 0. The Balaban J connectivity index is 1.97. The standard InChI is InChI=1S/C15H22N2O2/c1-3-17(4-2)15(19)10-16-13-9-8-12-11(13)6-5-7-14(12)18/h5-7,13,16,18H,3-4,8-10H2,1-2H3. The van der Waals surface area contributed by atoms with Crippen molar-refractivity contribution in [2.75, 3.05) is 19.6 Å². The first-order valence-corrected chi connectivity index (χ1v) is 6.99. The molecular weight excluding hydrogens is 240 g/mol. The van der Waals surface area contributed by atoms with Crippen LogP contribution in [0.15, 0.2) is 18.2 Å². The van der Waals surface area contributed by atoms with Gasteiger partial charge in [-0.3, -0.25) is 4.79 Å². The van der Waals surface area contributed by atoms with E-state index in [0.29, 0.717) is 12.3 Å². The van der Waals surface area contributed by atoms with E-state index in [4.69, 9.17) is 0 Å². The molecule has 1 unspecified atom stereocenters. The Hall–Kier alpha value is -1.55. The van der Waals surface area contributed by atoms with Crippen LogP contribution in [0.2, 0.25) is 0 Å². The number of carbonyl (C=O) groups is 1. The van der Waals surface area contributed by atoms with Crippen molar-refractivity contribution in [3.05, 3.63) is 29.3 Å². The third kappa shape index (κ3) is 2.89. The molecule has 104 valence electrons. The van der Waals surface area contributed by atoms with E-state index in [1.807, 2.05) is 30.9 Å². The number of nitrogens with zero attached hydrogens (tertiary/aromatic N) is 1. The van der Waals surface area contributed by atoms with Crippen molar-refractivity contribution in [1.29, 1.82) is 0 Å². The number of likely N-dealkylation sites (N-methyl/N-ethyl adjacent to an activating group) is 1. The van der Waals surface area contributed by atoms with Crippen LogP contribution in [0.4, 0.5) is 0 Å². The van der Waals surface area contributed by atoms with Gasteiger partial charge in [0, 0.05) is 19.1 Å². The maximum Gasteiger partial charge on any atom is 0.236 e. The van der Waals surface area contributed by atoms with Gasteiger partial charge in [-0.1, -0.05) is 12.1 Å². The number of benzene rings is 1. The Morgan fingerprint density at radius 1 is 1.42 bits per heavy atom. The highest BCUT2D eigenvalue weighted by molar-refractivity contribution is 5.78. The zero-order valence-electron chi connectivity index (χ0n) is 11.6. The van der Waals surface area contributed by atoms with Crippen molar-refractivity contribution in [2.24, 2.45) is 0 Å². The van der Waals surface area contributed by atoms with Crippen LogP contribution in [-0.2, 0) is 11.2 Å². The van der Waals surface area contributed by atoms with E-state index in [2.05, 4.69) is 5.32 Å². The van der Waals surface area contributed by atoms with Crippen LogP contribution in [0.1, 0.15) is 37.4 Å². The Morgan fingerprint density at radius 3 is 2.84 bits per heavy atom. The van der Waals surface area contributed by atoms with Crippen LogP contribution in [0, 0.1) is 0 Å². The fraction of sp³-hybridized carbons (Fsp3) is 0.533. The quantitative estimate of drug-likeness (QED) is 0.851. The van der Waals surface area contributed by atoms with Gasteiger partial charge in [0.1, 0.15) is 5.75 Å². The van der Waals surface area contributed by atoms with Crippen LogP contribution in [0.3, 0.4) is 0 Å². The number of fused-ring (bicyclic) bond motifs is 1. The predicted octanol–water partition coefficient (Wildman–Crippen LogP) is 1.84. The molecule has 2 rings (SSSR count). The lowest BCUT2D eigenvalue weighted by Gasteiger charge is -2.21. The number of nitrogens with one attached hydrogen (secondary N) is 1. The molecule has 0 spiro atoms. The topological polar surface area (TPSA) is 52.6 Å². The van der Waals surface area contributed by atoms with Crippen molar-refractivity contribution in [2.45, 2.75) is 32.7 Å². The average Bonchev–Trinajstić information content (AvgIpc) is 2.82. The number of rotatable bonds is 5. The van der Waals surface area contributed by atoms with E-state index < -0.39 is 0 Å². The van der Waals surface area contributed by atoms with Crippen molar-refractivity contribution in [3.8, 4) is 5.75 Å². The van der Waals surface area contributed by atoms with Gasteiger partial charge in [0.2, 0.25) is 5.91 Å². The van der Waals surface area contributed by atoms with Crippen LogP contribution in [-0.4, -0.2) is 35.5 Å². The van der Waals surface area contributed by atoms with Gasteiger partial charge >= 0.3 is 0 Å². The fourth-order valence-electron chi connectivity index (χ4n) is 2.75. The smallest absolute Gasteiger partial charge is 0.236 e. The van der Waals surface area contributed by atoms with Crippen molar-refractivity contribution >= 4 is 5.91 Å². The number of amides is 1. The zero-order chi connectivity index (χ0) is 13.8. The molecule has 19 heavy (non-hydrogen) atoms. The molecule has 0 aliphatic heterocycles. The van der Waals surface area contributed by atoms with Gasteiger partial charge in [-0.2, -0.15) is 0 Å². The third-order valence-corrected chi connectivity index (χ3v) is 3.86. The lowest BCUT2D eigenvalue weighted by Crippen LogP contribution is -2.38. The molecule has 1 amide bonds.